The molecule has 3 heteroatoms. The summed E-state index contributed by atoms with van der Waals surface area (Å²) >= 11 is 0. The van der Waals surface area contributed by atoms with Gasteiger partial charge >= 0.3 is 5.97 Å². The molecule has 0 spiro atoms. The minimum Gasteiger partial charge on any atom is -0.461 e. The normalized spacial score (nSPS) is 11.7. The summed E-state index contributed by atoms with van der Waals surface area (Å²) in [6.07, 6.45) is 6.07. The van der Waals surface area contributed by atoms with E-state index in [1.54, 1.807) is 0 Å². The molecule has 0 amide bonds. The fraction of sp³-hybridized carbons (Fsp3) is 0.550. The number of nitrogens with zero attached hydrogens (tertiary/aromatic N) is 1. The molecule has 0 atom stereocenters. The number of ether oxygens (including phenoxy) is 1. The number of benzene rings is 1. The predicted octanol–water partition coefficient (Wildman–Crippen LogP) is 4.54. The number of likely N-dealkylation sites (N-methyl/N-ethyl adjacent to an activating group) is 1. The molecule has 0 heterocycles. The van der Waals surface area contributed by atoms with Gasteiger partial charge in [0.25, 0.3) is 0 Å². The lowest BCUT2D eigenvalue weighted by Gasteiger charge is -2.18. The average molecular weight is 317 g/mol. The lowest BCUT2D eigenvalue weighted by molar-refractivity contribution is -0.139. The van der Waals surface area contributed by atoms with Crippen molar-refractivity contribution >= 4 is 12.0 Å². The fourth-order valence-corrected chi connectivity index (χ4v) is 2.45. The van der Waals surface area contributed by atoms with Crippen LogP contribution in [0.25, 0.3) is 6.08 Å². The topological polar surface area (TPSA) is 29.5 Å². The monoisotopic (exact) mass is 317 g/mol. The number of unbranched alkanes of at least 4 members (excludes halogenated alkanes) is 2. The Balaban J connectivity index is 2.63. The molecule has 0 fully saturated rings. The van der Waals surface area contributed by atoms with Crippen LogP contribution in [-0.2, 0) is 9.53 Å². The van der Waals surface area contributed by atoms with Gasteiger partial charge in [-0.1, -0.05) is 63.9 Å². The zero-order valence-corrected chi connectivity index (χ0v) is 14.9. The van der Waals surface area contributed by atoms with Gasteiger partial charge in [-0.2, -0.15) is 0 Å². The van der Waals surface area contributed by atoms with Gasteiger partial charge < -0.3 is 9.64 Å². The fourth-order valence-electron chi connectivity index (χ4n) is 2.45. The molecule has 0 radical (unpaired) electrons. The molecule has 1 rings (SSSR count). The maximum Gasteiger partial charge on any atom is 0.334 e. The van der Waals surface area contributed by atoms with Crippen molar-refractivity contribution in [2.45, 2.75) is 46.5 Å². The van der Waals surface area contributed by atoms with Gasteiger partial charge in [-0.3, -0.25) is 0 Å². The number of hydrogen-bond acceptors (Lipinski definition) is 3. The van der Waals surface area contributed by atoms with Crippen LogP contribution in [0.4, 0.5) is 0 Å². The summed E-state index contributed by atoms with van der Waals surface area (Å²) in [4.78, 5) is 14.6. The molecular formula is C20H31NO2. The number of esters is 1. The lowest BCUT2D eigenvalue weighted by atomic mass is 10.0. The third-order valence-electron chi connectivity index (χ3n) is 3.99. The summed E-state index contributed by atoms with van der Waals surface area (Å²) in [7, 11) is 0. The van der Waals surface area contributed by atoms with Crippen molar-refractivity contribution in [3.8, 4) is 0 Å². The Kier molecular flexibility index (Phi) is 10.0. The molecule has 0 aromatic heterocycles. The average Bonchev–Trinajstić information content (AvgIpc) is 2.59. The van der Waals surface area contributed by atoms with E-state index >= 15 is 0 Å². The first-order chi connectivity index (χ1) is 11.2. The summed E-state index contributed by atoms with van der Waals surface area (Å²) in [5, 5.41) is 0. The molecule has 0 aliphatic heterocycles. The van der Waals surface area contributed by atoms with E-state index in [4.69, 9.17) is 4.74 Å². The van der Waals surface area contributed by atoms with Gasteiger partial charge in [0.05, 0.1) is 0 Å². The van der Waals surface area contributed by atoms with Gasteiger partial charge in [-0.05, 0) is 37.6 Å². The first kappa shape index (κ1) is 19.4. The maximum absolute atomic E-state index is 12.4. The van der Waals surface area contributed by atoms with Crippen LogP contribution in [0.2, 0.25) is 0 Å². The molecule has 1 aromatic carbocycles. The molecule has 0 aliphatic rings. The Morgan fingerprint density at radius 2 is 1.78 bits per heavy atom. The smallest absolute Gasteiger partial charge is 0.334 e. The van der Waals surface area contributed by atoms with E-state index in [0.29, 0.717) is 6.61 Å². The van der Waals surface area contributed by atoms with Crippen LogP contribution in [0.3, 0.4) is 0 Å². The van der Waals surface area contributed by atoms with E-state index < -0.39 is 0 Å². The standard InChI is InChI=1S/C20H31NO2/c1-4-7-9-14-19(17-18-12-10-8-11-13-18)20(22)23-16-15-21(5-2)6-3/h8,10-13,17H,4-7,9,14-16H2,1-3H3/b19-17+. The summed E-state index contributed by atoms with van der Waals surface area (Å²) in [6.45, 7) is 9.64. The SMILES string of the molecule is CCCCC/C(=C\c1ccccc1)C(=O)OCCN(CC)CC. The van der Waals surface area contributed by atoms with Crippen LogP contribution in [-0.4, -0.2) is 37.1 Å². The van der Waals surface area contributed by atoms with Crippen LogP contribution in [0.5, 0.6) is 0 Å². The van der Waals surface area contributed by atoms with Crippen molar-refractivity contribution in [2.24, 2.45) is 0 Å². The Morgan fingerprint density at radius 3 is 2.39 bits per heavy atom. The predicted molar refractivity (Wildman–Crippen MR) is 97.3 cm³/mol. The minimum absolute atomic E-state index is 0.169. The maximum atomic E-state index is 12.4. The number of hydrogen-bond donors (Lipinski definition) is 0. The van der Waals surface area contributed by atoms with E-state index in [9.17, 15) is 4.79 Å². The van der Waals surface area contributed by atoms with Crippen LogP contribution in [0.1, 0.15) is 52.0 Å². The van der Waals surface area contributed by atoms with Gasteiger partial charge in [-0.25, -0.2) is 4.79 Å². The van der Waals surface area contributed by atoms with Crippen molar-refractivity contribution in [2.75, 3.05) is 26.2 Å². The minimum atomic E-state index is -0.169. The van der Waals surface area contributed by atoms with Crippen molar-refractivity contribution in [1.29, 1.82) is 0 Å². The summed E-state index contributed by atoms with van der Waals surface area (Å²) in [5.74, 6) is -0.169. The van der Waals surface area contributed by atoms with Crippen LogP contribution < -0.4 is 0 Å². The van der Waals surface area contributed by atoms with Gasteiger partial charge in [0.1, 0.15) is 6.61 Å². The van der Waals surface area contributed by atoms with Crippen LogP contribution in [0.15, 0.2) is 35.9 Å². The Bertz CT molecular complexity index is 464. The summed E-state index contributed by atoms with van der Waals surface area (Å²) in [6, 6.07) is 9.99. The Morgan fingerprint density at radius 1 is 1.09 bits per heavy atom. The second kappa shape index (κ2) is 11.9. The quantitative estimate of drug-likeness (QED) is 0.341. The van der Waals surface area contributed by atoms with Gasteiger partial charge in [0.2, 0.25) is 0 Å². The third-order valence-corrected chi connectivity index (χ3v) is 3.99. The number of rotatable bonds is 11. The molecule has 0 aliphatic carbocycles. The largest absolute Gasteiger partial charge is 0.461 e. The van der Waals surface area contributed by atoms with Gasteiger partial charge in [-0.15, -0.1) is 0 Å². The first-order valence-corrected chi connectivity index (χ1v) is 8.86. The molecule has 0 saturated carbocycles. The molecule has 3 nitrogen and oxygen atoms in total. The highest BCUT2D eigenvalue weighted by molar-refractivity contribution is 5.93. The molecular weight excluding hydrogens is 286 g/mol. The molecule has 23 heavy (non-hydrogen) atoms. The lowest BCUT2D eigenvalue weighted by Crippen LogP contribution is -2.28. The van der Waals surface area contributed by atoms with Crippen molar-refractivity contribution in [3.05, 3.63) is 41.5 Å². The molecule has 0 N–H and O–H groups in total. The van der Waals surface area contributed by atoms with Crippen LogP contribution in [0, 0.1) is 0 Å². The zero-order chi connectivity index (χ0) is 16.9. The van der Waals surface area contributed by atoms with Crippen LogP contribution >= 0.6 is 0 Å². The second-order valence-electron chi connectivity index (χ2n) is 5.70. The highest BCUT2D eigenvalue weighted by Gasteiger charge is 2.11. The molecule has 0 unspecified atom stereocenters. The van der Waals surface area contributed by atoms with E-state index in [-0.39, 0.29) is 5.97 Å². The molecule has 0 saturated heterocycles. The van der Waals surface area contributed by atoms with Crippen molar-refractivity contribution in [3.63, 3.8) is 0 Å². The molecule has 1 aromatic rings. The van der Waals surface area contributed by atoms with Crippen molar-refractivity contribution in [1.82, 2.24) is 4.90 Å². The molecule has 0 bridgehead atoms. The highest BCUT2D eigenvalue weighted by Crippen LogP contribution is 2.15. The summed E-state index contributed by atoms with van der Waals surface area (Å²) in [5.41, 5.74) is 1.84. The third kappa shape index (κ3) is 7.98. The van der Waals surface area contributed by atoms with E-state index in [1.807, 2.05) is 36.4 Å². The van der Waals surface area contributed by atoms with Crippen molar-refractivity contribution < 1.29 is 9.53 Å². The summed E-state index contributed by atoms with van der Waals surface area (Å²) < 4.78 is 5.49. The molecule has 128 valence electrons. The van der Waals surface area contributed by atoms with E-state index in [1.165, 1.54) is 0 Å². The van der Waals surface area contributed by atoms with E-state index in [2.05, 4.69) is 25.7 Å². The Hall–Kier alpha value is -1.61. The first-order valence-electron chi connectivity index (χ1n) is 8.86. The number of carbonyl (C=O) groups excluding carboxylic acids is 1. The number of carbonyl (C=O) groups is 1. The zero-order valence-electron chi connectivity index (χ0n) is 14.9. The Labute approximate surface area is 141 Å². The van der Waals surface area contributed by atoms with E-state index in [0.717, 1.165) is 56.5 Å². The van der Waals surface area contributed by atoms with Gasteiger partial charge in [0, 0.05) is 12.1 Å². The van der Waals surface area contributed by atoms with Gasteiger partial charge in [0.15, 0.2) is 0 Å². The second-order valence-corrected chi connectivity index (χ2v) is 5.70. The highest BCUT2D eigenvalue weighted by atomic mass is 16.5.